The van der Waals surface area contributed by atoms with E-state index in [0.717, 1.165) is 10.9 Å². The zero-order valence-corrected chi connectivity index (χ0v) is 23.8. The highest BCUT2D eigenvalue weighted by atomic mass is 32.2. The van der Waals surface area contributed by atoms with Gasteiger partial charge in [-0.05, 0) is 0 Å². The smallest absolute Gasteiger partial charge is 0.387 e. The van der Waals surface area contributed by atoms with Gasteiger partial charge < -0.3 is 30.9 Å². The Morgan fingerprint density at radius 1 is 1.02 bits per heavy atom. The third-order valence-electron chi connectivity index (χ3n) is 7.29. The number of ether oxygens (including phenoxy) is 2. The summed E-state index contributed by atoms with van der Waals surface area (Å²) in [6.45, 7) is -1.22. The number of fused-ring (bicyclic) bond motifs is 5. The van der Waals surface area contributed by atoms with Crippen molar-refractivity contribution in [2.45, 2.75) is 49.4 Å². The molecular weight excluding hydrogens is 633 g/mol. The maximum atomic E-state index is 13.1. The Morgan fingerprint density at radius 3 is 2.61 bits per heavy atom. The fraction of sp³-hybridized carbons (Fsp3) is 0.500. The first kappa shape index (κ1) is 29.1. The Kier molecular flexibility index (Phi) is 6.93. The zero-order valence-electron chi connectivity index (χ0n) is 22.1. The highest BCUT2D eigenvalue weighted by Crippen LogP contribution is 2.49. The van der Waals surface area contributed by atoms with Crippen molar-refractivity contribution in [3.63, 3.8) is 0 Å². The molecule has 4 aromatic rings. The quantitative estimate of drug-likeness (QED) is 0.120. The highest BCUT2D eigenvalue weighted by Gasteiger charge is 2.51. The number of hydrogen-bond donors (Lipinski definition) is 6. The number of H-pyrrole nitrogens is 1. The van der Waals surface area contributed by atoms with Gasteiger partial charge in [-0.1, -0.05) is 0 Å². The molecule has 3 aliphatic rings. The second-order valence-corrected chi connectivity index (χ2v) is 12.8. The van der Waals surface area contributed by atoms with Gasteiger partial charge in [0, 0.05) is 13.0 Å². The molecule has 8 N–H and O–H groups in total. The number of imidazole rings is 2. The molecule has 0 radical (unpaired) electrons. The number of nitrogens with one attached hydrogen (secondary N) is 2. The number of aliphatic hydroxyl groups is 1. The molecule has 3 fully saturated rings. The molecule has 0 saturated carbocycles. The standard InChI is InChI=1S/C20H24N11O11PS/c21-15-11-16(24-4-23-15)30(5-25-11)10-1-7-8(39-10)2-27-44(36,37)42-14-13(32)9(3-38-43(34,35)41-7)40-19(14)31-6-26-12-17(31)28-20(22)29-18(12)33/h4-10,13-14,19,27,32H,1-3H2,(H,34,35)(H2,21,23,24)(H3,22,28,29,33)/t7-,8+,9+,10+,13+,14+,19?/m0/s1. The van der Waals surface area contributed by atoms with Crippen molar-refractivity contribution in [3.05, 3.63) is 29.3 Å². The molecule has 0 amide bonds. The van der Waals surface area contributed by atoms with Crippen molar-refractivity contribution in [3.8, 4) is 0 Å². The van der Waals surface area contributed by atoms with Gasteiger partial charge in [-0.25, -0.2) is 28.7 Å². The summed E-state index contributed by atoms with van der Waals surface area (Å²) >= 11 is 0. The molecular formula is C20H24N11O11PS. The van der Waals surface area contributed by atoms with Gasteiger partial charge in [0.2, 0.25) is 5.95 Å². The summed E-state index contributed by atoms with van der Waals surface area (Å²) in [4.78, 5) is 45.3. The van der Waals surface area contributed by atoms with Crippen LogP contribution in [0.3, 0.4) is 0 Å². The molecule has 24 heteroatoms. The van der Waals surface area contributed by atoms with Crippen molar-refractivity contribution in [2.24, 2.45) is 0 Å². The van der Waals surface area contributed by atoms with Gasteiger partial charge in [-0.3, -0.25) is 28.0 Å². The number of aromatic amines is 1. The van der Waals surface area contributed by atoms with Crippen LogP contribution in [-0.2, 0) is 37.6 Å². The molecule has 7 heterocycles. The minimum absolute atomic E-state index is 0.0489. The molecule has 3 saturated heterocycles. The van der Waals surface area contributed by atoms with Crippen LogP contribution in [-0.4, -0.2) is 101 Å². The first-order valence-corrected chi connectivity index (χ1v) is 15.8. The van der Waals surface area contributed by atoms with E-state index in [1.807, 2.05) is 0 Å². The number of nitrogens with zero attached hydrogens (tertiary/aromatic N) is 7. The van der Waals surface area contributed by atoms with E-state index in [1.165, 1.54) is 17.2 Å². The topological polar surface area (TPSA) is 309 Å². The van der Waals surface area contributed by atoms with Crippen LogP contribution in [0.4, 0.5) is 11.8 Å². The van der Waals surface area contributed by atoms with Crippen LogP contribution in [0.15, 0.2) is 23.8 Å². The molecule has 0 aliphatic carbocycles. The maximum Gasteiger partial charge on any atom is 0.472 e. The summed E-state index contributed by atoms with van der Waals surface area (Å²) in [6.07, 6.45) is -5.76. The molecule has 44 heavy (non-hydrogen) atoms. The minimum Gasteiger partial charge on any atom is -0.387 e. The average molecular weight is 658 g/mol. The third kappa shape index (κ3) is 5.11. The lowest BCUT2D eigenvalue weighted by Crippen LogP contribution is -2.43. The monoisotopic (exact) mass is 657 g/mol. The highest BCUT2D eigenvalue weighted by molar-refractivity contribution is 7.84. The average Bonchev–Trinajstić information content (AvgIpc) is 3.72. The van der Waals surface area contributed by atoms with Crippen LogP contribution >= 0.6 is 7.82 Å². The number of aliphatic hydroxyl groups excluding tert-OH is 1. The number of anilines is 2. The summed E-state index contributed by atoms with van der Waals surface area (Å²) in [5.74, 6) is -0.144. The second kappa shape index (κ2) is 10.5. The lowest BCUT2D eigenvalue weighted by Gasteiger charge is -2.23. The molecule has 0 aromatic carbocycles. The Morgan fingerprint density at radius 2 is 1.80 bits per heavy atom. The fourth-order valence-corrected chi connectivity index (χ4v) is 7.19. The van der Waals surface area contributed by atoms with E-state index in [9.17, 15) is 27.8 Å². The fourth-order valence-electron chi connectivity index (χ4n) is 5.29. The number of rotatable bonds is 2. The first-order valence-electron chi connectivity index (χ1n) is 12.9. The molecule has 236 valence electrons. The number of aromatic nitrogens is 8. The van der Waals surface area contributed by atoms with Gasteiger partial charge in [0.15, 0.2) is 35.0 Å². The van der Waals surface area contributed by atoms with Crippen molar-refractivity contribution < 1.29 is 45.7 Å². The van der Waals surface area contributed by atoms with Gasteiger partial charge >= 0.3 is 18.1 Å². The van der Waals surface area contributed by atoms with Gasteiger partial charge in [0.05, 0.1) is 19.3 Å². The molecule has 7 rings (SSSR count). The summed E-state index contributed by atoms with van der Waals surface area (Å²) in [5, 5.41) is 11.0. The Bertz CT molecular complexity index is 1970. The van der Waals surface area contributed by atoms with Crippen LogP contribution in [0.1, 0.15) is 18.9 Å². The molecule has 2 bridgehead atoms. The van der Waals surface area contributed by atoms with Crippen LogP contribution in [0.2, 0.25) is 0 Å². The first-order chi connectivity index (χ1) is 20.9. The molecule has 3 aliphatic heterocycles. The number of hydrogen-bond acceptors (Lipinski definition) is 17. The van der Waals surface area contributed by atoms with Crippen LogP contribution in [0, 0.1) is 0 Å². The van der Waals surface area contributed by atoms with E-state index in [0.29, 0.717) is 11.2 Å². The Labute approximate surface area is 245 Å². The van der Waals surface area contributed by atoms with Crippen molar-refractivity contribution in [1.29, 1.82) is 0 Å². The molecule has 2 unspecified atom stereocenters. The number of phosphoric acid groups is 1. The van der Waals surface area contributed by atoms with E-state index >= 15 is 0 Å². The summed E-state index contributed by atoms with van der Waals surface area (Å²) in [7, 11) is -9.52. The van der Waals surface area contributed by atoms with Gasteiger partial charge in [0.25, 0.3) is 5.56 Å². The van der Waals surface area contributed by atoms with Gasteiger partial charge in [0.1, 0.15) is 42.5 Å². The number of nitrogens with two attached hydrogens (primary N) is 2. The van der Waals surface area contributed by atoms with Crippen LogP contribution in [0.25, 0.3) is 22.3 Å². The summed E-state index contributed by atoms with van der Waals surface area (Å²) in [5.41, 5.74) is 11.2. The Hall–Kier alpha value is -3.64. The Balaban J connectivity index is 1.19. The third-order valence-corrected chi connectivity index (χ3v) is 9.29. The van der Waals surface area contributed by atoms with Crippen molar-refractivity contribution in [1.82, 2.24) is 43.8 Å². The lowest BCUT2D eigenvalue weighted by atomic mass is 10.1. The van der Waals surface area contributed by atoms with Gasteiger partial charge in [-0.15, -0.1) is 0 Å². The number of phosphoric ester groups is 1. The SMILES string of the molecule is Nc1nc2c(ncn2C2O[C@@H]3COP(=O)(O)O[C@H]4C[C@H](n5cnc6c(N)ncnc65)O[C@@H]4CNS(=O)(=O)O[C@@H]2[C@@H]3O)c(=O)[nH]1. The van der Waals surface area contributed by atoms with Crippen molar-refractivity contribution in [2.75, 3.05) is 24.6 Å². The largest absolute Gasteiger partial charge is 0.472 e. The second-order valence-electron chi connectivity index (χ2n) is 10.1. The normalized spacial score (nSPS) is 34.4. The predicted molar refractivity (Wildman–Crippen MR) is 143 cm³/mol. The zero-order chi connectivity index (χ0) is 31.0. The molecule has 0 spiro atoms. The van der Waals surface area contributed by atoms with E-state index < -0.39 is 79.8 Å². The maximum absolute atomic E-state index is 13.1. The molecule has 4 aromatic heterocycles. The van der Waals surface area contributed by atoms with Crippen LogP contribution < -0.4 is 21.7 Å². The molecule has 8 atom stereocenters. The predicted octanol–water partition coefficient (Wildman–Crippen LogP) is -2.59. The summed E-state index contributed by atoms with van der Waals surface area (Å²) in [6, 6.07) is 0. The van der Waals surface area contributed by atoms with E-state index in [-0.39, 0.29) is 29.4 Å². The minimum atomic E-state index is -4.86. The summed E-state index contributed by atoms with van der Waals surface area (Å²) < 4.78 is 71.9. The van der Waals surface area contributed by atoms with E-state index in [1.54, 1.807) is 0 Å². The van der Waals surface area contributed by atoms with E-state index in [4.69, 9.17) is 34.2 Å². The van der Waals surface area contributed by atoms with Crippen LogP contribution in [0.5, 0.6) is 0 Å². The molecule has 22 nitrogen and oxygen atoms in total. The van der Waals surface area contributed by atoms with Crippen molar-refractivity contribution >= 4 is 52.2 Å². The van der Waals surface area contributed by atoms with Gasteiger partial charge in [-0.2, -0.15) is 18.1 Å². The lowest BCUT2D eigenvalue weighted by molar-refractivity contribution is -0.0534. The van der Waals surface area contributed by atoms with E-state index in [2.05, 4.69) is 34.6 Å². The number of nitrogen functional groups attached to an aromatic ring is 2.